The topological polar surface area (TPSA) is 180 Å². The van der Waals surface area contributed by atoms with Crippen LogP contribution in [0.5, 0.6) is 0 Å². The molecule has 1 aliphatic heterocycles. The van der Waals surface area contributed by atoms with E-state index in [0.717, 1.165) is 64.2 Å². The Morgan fingerprint density at radius 1 is 0.836 bits per heavy atom. The average molecular weight is 794 g/mol. The number of nitrogens with zero attached hydrogens (tertiary/aromatic N) is 3. The van der Waals surface area contributed by atoms with Gasteiger partial charge in [-0.05, 0) is 68.1 Å². The van der Waals surface area contributed by atoms with Gasteiger partial charge in [-0.15, -0.1) is 0 Å². The molecule has 1 aromatic rings. The van der Waals surface area contributed by atoms with Gasteiger partial charge < -0.3 is 26.2 Å². The van der Waals surface area contributed by atoms with Crippen molar-refractivity contribution in [3.8, 4) is 0 Å². The minimum Gasteiger partial charge on any atom is -0.347 e. The van der Waals surface area contributed by atoms with Crippen LogP contribution in [0, 0.1) is 23.2 Å². The smallest absolute Gasteiger partial charge is 0.289 e. The molecule has 3 saturated carbocycles. The van der Waals surface area contributed by atoms with Crippen LogP contribution in [-0.2, 0) is 24.0 Å². The number of nitrogens with one attached hydrogen (secondary N) is 4. The Hall–Kier alpha value is -3.55. The number of fused-ring (bicyclic) bond motifs is 1. The normalized spacial score (nSPS) is 21.6. The van der Waals surface area contributed by atoms with Gasteiger partial charge in [0, 0.05) is 25.0 Å². The molecule has 0 radical (unpaired) electrons. The number of aromatic nitrogens is 2. The molecule has 316 valence electrons. The Morgan fingerprint density at radius 3 is 2.05 bits per heavy atom. The molecule has 4 N–H and O–H groups in total. The Kier molecular flexibility index (Phi) is 22.9. The molecular formula is C41H75N7O6S. The number of hydrogen-bond donors (Lipinski definition) is 4. The molecule has 0 unspecified atom stereocenters. The monoisotopic (exact) mass is 794 g/mol. The van der Waals surface area contributed by atoms with Gasteiger partial charge in [0.25, 0.3) is 11.8 Å². The maximum Gasteiger partial charge on any atom is 0.289 e. The molecule has 55 heavy (non-hydrogen) atoms. The van der Waals surface area contributed by atoms with Gasteiger partial charge in [0.05, 0.1) is 12.2 Å². The first-order valence-corrected chi connectivity index (χ1v) is 18.2. The van der Waals surface area contributed by atoms with Crippen LogP contribution in [0.1, 0.15) is 152 Å². The zero-order valence-corrected chi connectivity index (χ0v) is 30.8. The highest BCUT2D eigenvalue weighted by Gasteiger charge is 2.52. The van der Waals surface area contributed by atoms with E-state index >= 15 is 0 Å². The zero-order chi connectivity index (χ0) is 35.3. The number of amides is 5. The summed E-state index contributed by atoms with van der Waals surface area (Å²) in [7, 11) is 0. The molecule has 0 aromatic carbocycles. The highest BCUT2D eigenvalue weighted by atomic mass is 32.1. The summed E-state index contributed by atoms with van der Waals surface area (Å²) in [6, 6.07) is -3.68. The lowest BCUT2D eigenvalue weighted by Gasteiger charge is -2.38. The van der Waals surface area contributed by atoms with E-state index in [4.69, 9.17) is 0 Å². The van der Waals surface area contributed by atoms with Gasteiger partial charge in [-0.1, -0.05) is 96.9 Å². The summed E-state index contributed by atoms with van der Waals surface area (Å²) in [5.74, 6) is -3.20. The Labute approximate surface area is 339 Å². The number of ketones is 1. The molecule has 0 bridgehead atoms. The van der Waals surface area contributed by atoms with Gasteiger partial charge in [0.15, 0.2) is 0 Å². The Bertz CT molecular complexity index is 1400. The molecule has 5 rings (SSSR count). The van der Waals surface area contributed by atoms with Crippen molar-refractivity contribution >= 4 is 48.8 Å². The lowest BCUT2D eigenvalue weighted by molar-refractivity contribution is -0.146. The fourth-order valence-electron chi connectivity index (χ4n) is 7.87. The van der Waals surface area contributed by atoms with Crippen LogP contribution in [0.15, 0.2) is 18.6 Å². The van der Waals surface area contributed by atoms with E-state index in [2.05, 4.69) is 31.2 Å². The van der Waals surface area contributed by atoms with E-state index in [-0.39, 0.29) is 86.0 Å². The molecule has 4 aliphatic rings. The maximum atomic E-state index is 14.6. The van der Waals surface area contributed by atoms with E-state index in [1.807, 2.05) is 27.7 Å². The van der Waals surface area contributed by atoms with Crippen molar-refractivity contribution in [1.82, 2.24) is 36.1 Å². The van der Waals surface area contributed by atoms with Crippen LogP contribution in [0.25, 0.3) is 0 Å². The Morgan fingerprint density at radius 2 is 1.49 bits per heavy atom. The molecule has 0 spiro atoms. The second kappa shape index (κ2) is 23.5. The molecular weight excluding hydrogens is 719 g/mol. The summed E-state index contributed by atoms with van der Waals surface area (Å²) < 4.78 is 0. The van der Waals surface area contributed by atoms with Gasteiger partial charge in [0.1, 0.15) is 23.8 Å². The molecule has 5 amide bonds. The number of likely N-dealkylation sites (tertiary alicyclic amines) is 1. The van der Waals surface area contributed by atoms with Crippen LogP contribution in [0.3, 0.4) is 0 Å². The molecule has 1 saturated heterocycles. The van der Waals surface area contributed by atoms with Crippen molar-refractivity contribution in [2.24, 2.45) is 23.2 Å². The standard InChI is InChI=1S/C36H53N7O6.5CH4.H2S/c1-5-10-25(29(44)34(48)39-23-15-16-23)40-33(47)28-24-14-9-13-22(24)20-43(28)35(49)30(36(2,3)4)42-32(46)27(21-11-7-6-8-12-21)41-31(45)26-19-37-17-18-38-26;;;;;;/h17-19,21-25,27-28,30H,5-16,20H2,1-4H3,(H,39,48)(H,40,47)(H,41,45)(H,42,46);5*1H4;1H2/t22-,24+,25+,27+,28+,30+;;;;;;/m0....../s1. The first-order valence-electron chi connectivity index (χ1n) is 18.2. The molecule has 4 fully saturated rings. The number of carbonyl (C=O) groups is 6. The number of rotatable bonds is 13. The van der Waals surface area contributed by atoms with Crippen molar-refractivity contribution in [2.75, 3.05) is 6.54 Å². The second-order valence-corrected chi connectivity index (χ2v) is 15.5. The first-order chi connectivity index (χ1) is 23.4. The highest BCUT2D eigenvalue weighted by molar-refractivity contribution is 7.59. The second-order valence-electron chi connectivity index (χ2n) is 15.5. The van der Waals surface area contributed by atoms with E-state index in [0.29, 0.717) is 19.4 Å². The van der Waals surface area contributed by atoms with Crippen molar-refractivity contribution < 1.29 is 28.8 Å². The zero-order valence-electron chi connectivity index (χ0n) is 29.8. The minimum absolute atomic E-state index is 0. The number of Topliss-reactive ketones (excluding diaryl/α,β-unsaturated/α-hetero) is 1. The van der Waals surface area contributed by atoms with Gasteiger partial charge in [0.2, 0.25) is 23.5 Å². The lowest BCUT2D eigenvalue weighted by Crippen LogP contribution is -2.62. The SMILES string of the molecule is C.C.C.C.C.CCC[C@@H](NC(=O)[C@H]1[C@@H]2CCC[C@H]2CN1C(=O)[C@@H](NC(=O)[C@H](NC(=O)c1cnccn1)C1CCCCC1)C(C)(C)C)C(=O)C(=O)NC1CC1.S. The minimum atomic E-state index is -0.994. The Balaban J connectivity index is 0. The van der Waals surface area contributed by atoms with E-state index in [1.165, 1.54) is 18.6 Å². The largest absolute Gasteiger partial charge is 0.347 e. The third-order valence-corrected chi connectivity index (χ3v) is 10.7. The van der Waals surface area contributed by atoms with Crippen LogP contribution >= 0.6 is 13.5 Å². The highest BCUT2D eigenvalue weighted by Crippen LogP contribution is 2.43. The molecule has 6 atom stereocenters. The van der Waals surface area contributed by atoms with Crippen LogP contribution < -0.4 is 21.3 Å². The van der Waals surface area contributed by atoms with Gasteiger partial charge in [-0.25, -0.2) is 4.98 Å². The quantitative estimate of drug-likeness (QED) is 0.183. The van der Waals surface area contributed by atoms with Crippen LogP contribution in [-0.4, -0.2) is 86.9 Å². The van der Waals surface area contributed by atoms with Crippen molar-refractivity contribution in [1.29, 1.82) is 0 Å². The van der Waals surface area contributed by atoms with Crippen LogP contribution in [0.4, 0.5) is 0 Å². The van der Waals surface area contributed by atoms with Crippen molar-refractivity contribution in [3.05, 3.63) is 24.3 Å². The molecule has 13 nitrogen and oxygen atoms in total. The molecule has 3 aliphatic carbocycles. The summed E-state index contributed by atoms with van der Waals surface area (Å²) in [5, 5.41) is 11.5. The first kappa shape index (κ1) is 53.6. The molecule has 2 heterocycles. The predicted molar refractivity (Wildman–Crippen MR) is 225 cm³/mol. The molecule has 14 heteroatoms. The van der Waals surface area contributed by atoms with Crippen molar-refractivity contribution in [3.63, 3.8) is 0 Å². The van der Waals surface area contributed by atoms with Gasteiger partial charge in [-0.2, -0.15) is 13.5 Å². The van der Waals surface area contributed by atoms with E-state index in [9.17, 15) is 28.8 Å². The van der Waals surface area contributed by atoms with Gasteiger partial charge >= 0.3 is 0 Å². The lowest BCUT2D eigenvalue weighted by atomic mass is 9.82. The number of hydrogen-bond acceptors (Lipinski definition) is 8. The fraction of sp³-hybridized carbons (Fsp3) is 0.756. The van der Waals surface area contributed by atoms with Gasteiger partial charge in [-0.3, -0.25) is 33.8 Å². The average Bonchev–Trinajstić information content (AvgIpc) is 3.65. The third kappa shape index (κ3) is 13.3. The fourth-order valence-corrected chi connectivity index (χ4v) is 7.87. The maximum absolute atomic E-state index is 14.6. The van der Waals surface area contributed by atoms with E-state index < -0.39 is 59.0 Å². The third-order valence-electron chi connectivity index (χ3n) is 10.7. The summed E-state index contributed by atoms with van der Waals surface area (Å²) in [5.41, 5.74) is -0.638. The summed E-state index contributed by atoms with van der Waals surface area (Å²) in [6.45, 7) is 7.85. The molecule has 1 aromatic heterocycles. The summed E-state index contributed by atoms with van der Waals surface area (Å²) in [6.07, 6.45) is 13.9. The predicted octanol–water partition coefficient (Wildman–Crippen LogP) is 5.74. The summed E-state index contributed by atoms with van der Waals surface area (Å²) >= 11 is 0. The van der Waals surface area contributed by atoms with E-state index in [1.54, 1.807) is 4.90 Å². The number of carbonyl (C=O) groups excluding carboxylic acids is 6. The van der Waals surface area contributed by atoms with Crippen LogP contribution in [0.2, 0.25) is 0 Å². The van der Waals surface area contributed by atoms with Crippen molar-refractivity contribution in [2.45, 2.75) is 172 Å². The summed E-state index contributed by atoms with van der Waals surface area (Å²) in [4.78, 5) is 91.4.